The average Bonchev–Trinajstić information content (AvgIpc) is 3.01. The maximum absolute atomic E-state index is 13.0. The lowest BCUT2D eigenvalue weighted by molar-refractivity contribution is 0.0946. The van der Waals surface area contributed by atoms with Crippen LogP contribution in [0.15, 0.2) is 54.7 Å². The number of carbonyl (C=O) groups is 1. The third-order valence-corrected chi connectivity index (χ3v) is 3.97. The van der Waals surface area contributed by atoms with Crippen LogP contribution in [0.2, 0.25) is 0 Å². The van der Waals surface area contributed by atoms with Crippen molar-refractivity contribution in [1.29, 1.82) is 0 Å². The van der Waals surface area contributed by atoms with Crippen LogP contribution in [0.3, 0.4) is 0 Å². The number of rotatable bonds is 6. The Morgan fingerprint density at radius 2 is 1.96 bits per heavy atom. The van der Waals surface area contributed by atoms with E-state index in [1.54, 1.807) is 23.7 Å². The lowest BCUT2D eigenvalue weighted by Gasteiger charge is -2.08. The number of ether oxygens (including phenoxy) is 1. The van der Waals surface area contributed by atoms with Gasteiger partial charge in [0.2, 0.25) is 0 Å². The second kappa shape index (κ2) is 7.82. The molecule has 0 aliphatic rings. The van der Waals surface area contributed by atoms with Gasteiger partial charge in [-0.15, -0.1) is 0 Å². The number of hydrogen-bond donors (Lipinski definition) is 1. The van der Waals surface area contributed by atoms with Gasteiger partial charge in [-0.2, -0.15) is 5.10 Å². The van der Waals surface area contributed by atoms with Gasteiger partial charge in [0, 0.05) is 0 Å². The summed E-state index contributed by atoms with van der Waals surface area (Å²) in [6.45, 7) is 4.55. The molecule has 3 rings (SSSR count). The van der Waals surface area contributed by atoms with Crippen molar-refractivity contribution in [3.8, 4) is 11.4 Å². The van der Waals surface area contributed by atoms with Crippen molar-refractivity contribution in [1.82, 2.24) is 15.1 Å². The van der Waals surface area contributed by atoms with Gasteiger partial charge in [0.1, 0.15) is 18.2 Å². The zero-order chi connectivity index (χ0) is 18.5. The predicted octanol–water partition coefficient (Wildman–Crippen LogP) is 3.44. The molecule has 2 aromatic carbocycles. The van der Waals surface area contributed by atoms with Gasteiger partial charge in [0.25, 0.3) is 5.91 Å². The van der Waals surface area contributed by atoms with Crippen LogP contribution in [-0.4, -0.2) is 28.8 Å². The van der Waals surface area contributed by atoms with Gasteiger partial charge in [-0.25, -0.2) is 9.07 Å². The molecule has 0 bridgehead atoms. The van der Waals surface area contributed by atoms with E-state index in [0.29, 0.717) is 30.1 Å². The van der Waals surface area contributed by atoms with Crippen LogP contribution < -0.4 is 10.1 Å². The minimum atomic E-state index is -0.315. The maximum Gasteiger partial charge on any atom is 0.254 e. The van der Waals surface area contributed by atoms with E-state index in [4.69, 9.17) is 4.74 Å². The first-order valence-corrected chi connectivity index (χ1v) is 8.33. The molecule has 0 aliphatic carbocycles. The first kappa shape index (κ1) is 17.7. The summed E-state index contributed by atoms with van der Waals surface area (Å²) in [5, 5.41) is 7.05. The van der Waals surface area contributed by atoms with Crippen molar-refractivity contribution in [2.24, 2.45) is 0 Å². The van der Waals surface area contributed by atoms with Crippen LogP contribution in [0, 0.1) is 19.7 Å². The summed E-state index contributed by atoms with van der Waals surface area (Å²) in [4.78, 5) is 12.3. The fraction of sp³-hybridized carbons (Fsp3) is 0.200. The number of nitrogens with zero attached hydrogens (tertiary/aromatic N) is 2. The summed E-state index contributed by atoms with van der Waals surface area (Å²) in [5.41, 5.74) is 2.99. The van der Waals surface area contributed by atoms with E-state index in [9.17, 15) is 9.18 Å². The van der Waals surface area contributed by atoms with Crippen LogP contribution in [0.25, 0.3) is 5.69 Å². The third kappa shape index (κ3) is 4.08. The first-order chi connectivity index (χ1) is 12.5. The molecule has 0 radical (unpaired) electrons. The standard InChI is InChI=1S/C20H20FN3O2/c1-14-4-3-5-18(12-14)26-11-10-22-20(25)19-13-23-24(15(19)2)17-8-6-16(21)7-9-17/h3-9,12-13H,10-11H2,1-2H3,(H,22,25). The van der Waals surface area contributed by atoms with E-state index in [1.807, 2.05) is 31.2 Å². The minimum Gasteiger partial charge on any atom is -0.492 e. The van der Waals surface area contributed by atoms with E-state index in [-0.39, 0.29) is 11.7 Å². The number of hydrogen-bond acceptors (Lipinski definition) is 3. The Hall–Kier alpha value is -3.15. The largest absolute Gasteiger partial charge is 0.492 e. The van der Waals surface area contributed by atoms with E-state index in [1.165, 1.54) is 18.3 Å². The number of carbonyl (C=O) groups excluding carboxylic acids is 1. The van der Waals surface area contributed by atoms with Crippen molar-refractivity contribution in [2.75, 3.05) is 13.2 Å². The fourth-order valence-electron chi connectivity index (χ4n) is 2.61. The molecule has 5 nitrogen and oxygen atoms in total. The smallest absolute Gasteiger partial charge is 0.254 e. The molecule has 0 saturated heterocycles. The number of nitrogens with one attached hydrogen (secondary N) is 1. The van der Waals surface area contributed by atoms with Gasteiger partial charge in [0.15, 0.2) is 0 Å². The highest BCUT2D eigenvalue weighted by Crippen LogP contribution is 2.15. The molecule has 0 aliphatic heterocycles. The lowest BCUT2D eigenvalue weighted by atomic mass is 10.2. The SMILES string of the molecule is Cc1cccc(OCCNC(=O)c2cnn(-c3ccc(F)cc3)c2C)c1. The molecule has 6 heteroatoms. The molecule has 0 spiro atoms. The van der Waals surface area contributed by atoms with Gasteiger partial charge in [0.05, 0.1) is 29.7 Å². The van der Waals surface area contributed by atoms with E-state index >= 15 is 0 Å². The van der Waals surface area contributed by atoms with Crippen LogP contribution in [0.4, 0.5) is 4.39 Å². The molecule has 3 aromatic rings. The number of benzene rings is 2. The number of aryl methyl sites for hydroxylation is 1. The fourth-order valence-corrected chi connectivity index (χ4v) is 2.61. The number of halogens is 1. The summed E-state index contributed by atoms with van der Waals surface area (Å²) in [7, 11) is 0. The highest BCUT2D eigenvalue weighted by Gasteiger charge is 2.14. The molecular formula is C20H20FN3O2. The minimum absolute atomic E-state index is 0.219. The quantitative estimate of drug-likeness (QED) is 0.691. The first-order valence-electron chi connectivity index (χ1n) is 8.33. The predicted molar refractivity (Wildman–Crippen MR) is 97.3 cm³/mol. The van der Waals surface area contributed by atoms with Crippen molar-refractivity contribution in [3.63, 3.8) is 0 Å². The normalized spacial score (nSPS) is 10.6. The van der Waals surface area contributed by atoms with Crippen molar-refractivity contribution < 1.29 is 13.9 Å². The molecule has 0 saturated carbocycles. The summed E-state index contributed by atoms with van der Waals surface area (Å²) < 4.78 is 20.3. The second-order valence-corrected chi connectivity index (χ2v) is 5.95. The van der Waals surface area contributed by atoms with Crippen molar-refractivity contribution in [3.05, 3.63) is 77.4 Å². The van der Waals surface area contributed by atoms with E-state index < -0.39 is 0 Å². The zero-order valence-corrected chi connectivity index (χ0v) is 14.7. The monoisotopic (exact) mass is 353 g/mol. The van der Waals surface area contributed by atoms with Crippen molar-refractivity contribution in [2.45, 2.75) is 13.8 Å². The molecule has 1 heterocycles. The summed E-state index contributed by atoms with van der Waals surface area (Å²) in [5.74, 6) is 0.244. The second-order valence-electron chi connectivity index (χ2n) is 5.95. The van der Waals surface area contributed by atoms with Gasteiger partial charge in [-0.1, -0.05) is 12.1 Å². The molecule has 1 amide bonds. The Balaban J connectivity index is 1.57. The van der Waals surface area contributed by atoms with Crippen LogP contribution >= 0.6 is 0 Å². The van der Waals surface area contributed by atoms with Gasteiger partial charge in [-0.05, 0) is 55.8 Å². The van der Waals surface area contributed by atoms with Gasteiger partial charge in [-0.3, -0.25) is 4.79 Å². The Morgan fingerprint density at radius 1 is 1.19 bits per heavy atom. The van der Waals surface area contributed by atoms with E-state index in [2.05, 4.69) is 10.4 Å². The Labute approximate surface area is 151 Å². The van der Waals surface area contributed by atoms with Gasteiger partial charge >= 0.3 is 0 Å². The summed E-state index contributed by atoms with van der Waals surface area (Å²) in [6.07, 6.45) is 1.51. The van der Waals surface area contributed by atoms with Crippen LogP contribution in [0.5, 0.6) is 5.75 Å². The summed E-state index contributed by atoms with van der Waals surface area (Å²) >= 11 is 0. The maximum atomic E-state index is 13.0. The molecule has 0 atom stereocenters. The Kier molecular flexibility index (Phi) is 5.31. The number of aromatic nitrogens is 2. The Bertz CT molecular complexity index is 904. The van der Waals surface area contributed by atoms with Crippen LogP contribution in [0.1, 0.15) is 21.6 Å². The van der Waals surface area contributed by atoms with Crippen LogP contribution in [-0.2, 0) is 0 Å². The molecule has 0 fully saturated rings. The molecule has 1 N–H and O–H groups in total. The highest BCUT2D eigenvalue weighted by atomic mass is 19.1. The van der Waals surface area contributed by atoms with Crippen molar-refractivity contribution >= 4 is 5.91 Å². The molecule has 0 unspecified atom stereocenters. The number of amides is 1. The van der Waals surface area contributed by atoms with E-state index in [0.717, 1.165) is 11.3 Å². The molecule has 1 aromatic heterocycles. The topological polar surface area (TPSA) is 56.1 Å². The third-order valence-electron chi connectivity index (χ3n) is 3.97. The lowest BCUT2D eigenvalue weighted by Crippen LogP contribution is -2.28. The molecule has 134 valence electrons. The highest BCUT2D eigenvalue weighted by molar-refractivity contribution is 5.95. The van der Waals surface area contributed by atoms with Gasteiger partial charge < -0.3 is 10.1 Å². The molecule has 26 heavy (non-hydrogen) atoms. The Morgan fingerprint density at radius 3 is 2.69 bits per heavy atom. The average molecular weight is 353 g/mol. The summed E-state index contributed by atoms with van der Waals surface area (Å²) in [6, 6.07) is 13.7. The molecular weight excluding hydrogens is 333 g/mol. The zero-order valence-electron chi connectivity index (χ0n) is 14.7.